The van der Waals surface area contributed by atoms with Crippen molar-refractivity contribution in [3.63, 3.8) is 0 Å². The van der Waals surface area contributed by atoms with Crippen LogP contribution in [0.15, 0.2) is 18.6 Å². The molecular formula is C40H83N5O. The number of hydrogen-bond donors (Lipinski definition) is 0. The number of hydrogen-bond acceptors (Lipinski definition) is 6. The van der Waals surface area contributed by atoms with Crippen LogP contribution in [0, 0.1) is 21.7 Å². The van der Waals surface area contributed by atoms with E-state index >= 15 is 0 Å². The van der Waals surface area contributed by atoms with E-state index in [0.29, 0.717) is 21.7 Å². The van der Waals surface area contributed by atoms with Gasteiger partial charge in [0.25, 0.3) is 0 Å². The van der Waals surface area contributed by atoms with Crippen molar-refractivity contribution < 1.29 is 4.74 Å². The van der Waals surface area contributed by atoms with Crippen LogP contribution in [-0.2, 0) is 10.2 Å². The van der Waals surface area contributed by atoms with Gasteiger partial charge < -0.3 is 14.5 Å². The van der Waals surface area contributed by atoms with E-state index in [-0.39, 0.29) is 5.41 Å². The molecule has 1 aromatic heterocycles. The van der Waals surface area contributed by atoms with Crippen LogP contribution in [0.2, 0.25) is 0 Å². The lowest BCUT2D eigenvalue weighted by Crippen LogP contribution is -2.47. The topological polar surface area (TPSA) is 44.7 Å². The van der Waals surface area contributed by atoms with Gasteiger partial charge in [-0.05, 0) is 35.1 Å². The third kappa shape index (κ3) is 32.8. The Morgan fingerprint density at radius 2 is 1.04 bits per heavy atom. The number of ether oxygens (including phenoxy) is 1. The van der Waals surface area contributed by atoms with E-state index in [1.807, 2.05) is 0 Å². The average Bonchev–Trinajstić information content (AvgIpc) is 2.89. The molecule has 0 amide bonds. The molecule has 0 bridgehead atoms. The first-order valence-corrected chi connectivity index (χ1v) is 18.3. The van der Waals surface area contributed by atoms with Crippen LogP contribution < -0.4 is 0 Å². The summed E-state index contributed by atoms with van der Waals surface area (Å²) in [6, 6.07) is 0. The Balaban J connectivity index is 0. The van der Waals surface area contributed by atoms with E-state index in [9.17, 15) is 0 Å². The van der Waals surface area contributed by atoms with Crippen molar-refractivity contribution in [2.75, 3.05) is 72.6 Å². The molecule has 6 nitrogen and oxygen atoms in total. The fourth-order valence-electron chi connectivity index (χ4n) is 4.54. The molecule has 0 radical (unpaired) electrons. The van der Waals surface area contributed by atoms with E-state index < -0.39 is 0 Å². The molecule has 3 rings (SSSR count). The van der Waals surface area contributed by atoms with Gasteiger partial charge >= 0.3 is 0 Å². The van der Waals surface area contributed by atoms with E-state index in [0.717, 1.165) is 32.0 Å². The molecule has 2 aliphatic heterocycles. The number of nitrogens with zero attached hydrogens (tertiary/aromatic N) is 5. The monoisotopic (exact) mass is 650 g/mol. The summed E-state index contributed by atoms with van der Waals surface area (Å²) in [5, 5.41) is 0. The largest absolute Gasteiger partial charge is 0.379 e. The van der Waals surface area contributed by atoms with Gasteiger partial charge in [-0.2, -0.15) is 0 Å². The Morgan fingerprint density at radius 1 is 0.609 bits per heavy atom. The van der Waals surface area contributed by atoms with Crippen LogP contribution in [0.4, 0.5) is 0 Å². The molecular weight excluding hydrogens is 566 g/mol. The number of rotatable bonds is 3. The molecule has 274 valence electrons. The number of piperazine rings is 1. The van der Waals surface area contributed by atoms with Crippen LogP contribution in [-0.4, -0.2) is 97.3 Å². The Morgan fingerprint density at radius 3 is 1.30 bits per heavy atom. The molecule has 6 heteroatoms. The summed E-state index contributed by atoms with van der Waals surface area (Å²) in [5.74, 6) is 0. The van der Waals surface area contributed by atoms with Gasteiger partial charge in [-0.1, -0.05) is 131 Å². The third-order valence-corrected chi connectivity index (χ3v) is 7.49. The summed E-state index contributed by atoms with van der Waals surface area (Å²) in [6.07, 6.45) is 9.14. The van der Waals surface area contributed by atoms with Crippen molar-refractivity contribution in [2.45, 2.75) is 142 Å². The molecule has 0 unspecified atom stereocenters. The fraction of sp³-hybridized carbons (Fsp3) is 0.900. The van der Waals surface area contributed by atoms with E-state index in [2.05, 4.69) is 149 Å². The van der Waals surface area contributed by atoms with Crippen molar-refractivity contribution in [2.24, 2.45) is 21.7 Å². The minimum absolute atomic E-state index is 0.119. The van der Waals surface area contributed by atoms with Gasteiger partial charge in [-0.3, -0.25) is 14.9 Å². The summed E-state index contributed by atoms with van der Waals surface area (Å²) in [5.41, 5.74) is 3.13. The molecule has 1 aromatic rings. The molecule has 0 atom stereocenters. The summed E-state index contributed by atoms with van der Waals surface area (Å²) in [6.45, 7) is 49.5. The normalized spacial score (nSPS) is 17.2. The minimum atomic E-state index is 0.119. The molecule has 2 saturated heterocycles. The lowest BCUT2D eigenvalue weighted by Gasteiger charge is -2.36. The summed E-state index contributed by atoms with van der Waals surface area (Å²) in [4.78, 5) is 15.6. The summed E-state index contributed by atoms with van der Waals surface area (Å²) < 4.78 is 5.27. The fourth-order valence-corrected chi connectivity index (χ4v) is 4.54. The van der Waals surface area contributed by atoms with Gasteiger partial charge in [0.1, 0.15) is 0 Å². The first kappa shape index (κ1) is 47.0. The maximum atomic E-state index is 5.27. The minimum Gasteiger partial charge on any atom is -0.379 e. The van der Waals surface area contributed by atoms with Gasteiger partial charge in [0.15, 0.2) is 0 Å². The maximum absolute atomic E-state index is 5.27. The van der Waals surface area contributed by atoms with Crippen LogP contribution in [0.5, 0.6) is 0 Å². The molecule has 46 heavy (non-hydrogen) atoms. The van der Waals surface area contributed by atoms with Crippen molar-refractivity contribution in [3.8, 4) is 0 Å². The quantitative estimate of drug-likeness (QED) is 0.325. The molecule has 2 aliphatic rings. The summed E-state index contributed by atoms with van der Waals surface area (Å²) >= 11 is 0. The standard InChI is InChI=1S/C10H22N2.C9H19NO.C8H12N2.C7H16.C6H14/c1-10(2,3)9-12-7-5-11(4)6-8-12;1-9(2,3)8-10-4-6-11-7-5-10;1-8(2,3)7-6-9-4-5-10-7;1-5-6-7(2,3)4;1-5-6(2,3)4/h5-9H2,1-4H3;4-8H2,1-3H3;4-6H,1-3H3;5-6H2,1-4H3;5H2,1-4H3. The Kier molecular flexibility index (Phi) is 23.0. The molecule has 0 aliphatic carbocycles. The second-order valence-electron chi connectivity index (χ2n) is 19.2. The Labute approximate surface area is 289 Å². The highest BCUT2D eigenvalue weighted by Gasteiger charge is 2.20. The van der Waals surface area contributed by atoms with Crippen molar-refractivity contribution >= 4 is 0 Å². The van der Waals surface area contributed by atoms with Crippen molar-refractivity contribution in [1.29, 1.82) is 0 Å². The lowest BCUT2D eigenvalue weighted by atomic mass is 9.91. The highest BCUT2D eigenvalue weighted by Crippen LogP contribution is 2.20. The van der Waals surface area contributed by atoms with Gasteiger partial charge in [0.2, 0.25) is 0 Å². The second-order valence-corrected chi connectivity index (χ2v) is 19.2. The molecule has 0 spiro atoms. The zero-order valence-corrected chi connectivity index (χ0v) is 34.6. The first-order valence-electron chi connectivity index (χ1n) is 18.3. The van der Waals surface area contributed by atoms with Crippen LogP contribution in [0.1, 0.15) is 143 Å². The predicted molar refractivity (Wildman–Crippen MR) is 205 cm³/mol. The van der Waals surface area contributed by atoms with Gasteiger partial charge in [-0.25, -0.2) is 0 Å². The number of morpholine rings is 1. The molecule has 2 fully saturated rings. The lowest BCUT2D eigenvalue weighted by molar-refractivity contribution is 0.0236. The van der Waals surface area contributed by atoms with Crippen molar-refractivity contribution in [3.05, 3.63) is 24.3 Å². The van der Waals surface area contributed by atoms with Gasteiger partial charge in [0, 0.05) is 76.4 Å². The van der Waals surface area contributed by atoms with Gasteiger partial charge in [-0.15, -0.1) is 0 Å². The van der Waals surface area contributed by atoms with Crippen molar-refractivity contribution in [1.82, 2.24) is 24.7 Å². The summed E-state index contributed by atoms with van der Waals surface area (Å²) in [7, 11) is 2.20. The first-order chi connectivity index (χ1) is 20.8. The van der Waals surface area contributed by atoms with E-state index in [4.69, 9.17) is 4.74 Å². The number of aromatic nitrogens is 2. The van der Waals surface area contributed by atoms with E-state index in [1.165, 1.54) is 58.5 Å². The van der Waals surface area contributed by atoms with E-state index in [1.54, 1.807) is 18.6 Å². The van der Waals surface area contributed by atoms with Crippen LogP contribution in [0.3, 0.4) is 0 Å². The predicted octanol–water partition coefficient (Wildman–Crippen LogP) is 9.69. The molecule has 0 saturated carbocycles. The Hall–Kier alpha value is -1.08. The molecule has 0 N–H and O–H groups in total. The number of likely N-dealkylation sites (N-methyl/N-ethyl adjacent to an activating group) is 1. The molecule has 0 aromatic carbocycles. The zero-order valence-electron chi connectivity index (χ0n) is 34.6. The SMILES string of the molecule is CC(C)(C)CN1CCOCC1.CC(C)(C)c1cnccn1.CCC(C)(C)C.CCCC(C)(C)C.CN1CCN(CC(C)(C)C)CC1. The average molecular weight is 650 g/mol. The highest BCUT2D eigenvalue weighted by atomic mass is 16.5. The second kappa shape index (κ2) is 22.5. The highest BCUT2D eigenvalue weighted by molar-refractivity contribution is 5.07. The third-order valence-electron chi connectivity index (χ3n) is 7.49. The van der Waals surface area contributed by atoms with Crippen LogP contribution in [0.25, 0.3) is 0 Å². The maximum Gasteiger partial charge on any atom is 0.0640 e. The Bertz CT molecular complexity index is 824. The zero-order chi connectivity index (χ0) is 36.2. The molecule has 3 heterocycles. The smallest absolute Gasteiger partial charge is 0.0640 e. The van der Waals surface area contributed by atoms with Crippen LogP contribution >= 0.6 is 0 Å². The van der Waals surface area contributed by atoms with Gasteiger partial charge in [0.05, 0.1) is 18.9 Å².